The average Bonchev–Trinajstić information content (AvgIpc) is 2.06. The highest BCUT2D eigenvalue weighted by molar-refractivity contribution is 5.77. The van der Waals surface area contributed by atoms with E-state index in [0.717, 1.165) is 12.8 Å². The summed E-state index contributed by atoms with van der Waals surface area (Å²) in [7, 11) is 0. The number of hydrogen-bond donors (Lipinski definition) is 1. The molecule has 2 heteroatoms. The minimum absolute atomic E-state index is 0.263. The van der Waals surface area contributed by atoms with E-state index < -0.39 is 0 Å². The van der Waals surface area contributed by atoms with Crippen LogP contribution in [0.5, 0.6) is 0 Å². The normalized spacial score (nSPS) is 41.8. The van der Waals surface area contributed by atoms with Gasteiger partial charge >= 0.3 is 0 Å². The molecule has 0 unspecified atom stereocenters. The van der Waals surface area contributed by atoms with Crippen LogP contribution in [0.3, 0.4) is 0 Å². The molecule has 1 heterocycles. The maximum Gasteiger partial charge on any atom is 0.220 e. The van der Waals surface area contributed by atoms with E-state index in [1.165, 1.54) is 25.7 Å². The van der Waals surface area contributed by atoms with E-state index in [0.29, 0.717) is 11.5 Å². The molecule has 1 saturated heterocycles. The Hall–Kier alpha value is -0.530. The number of rotatable bonds is 0. The molecule has 0 aromatic rings. The summed E-state index contributed by atoms with van der Waals surface area (Å²) in [5.41, 5.74) is 0.423. The van der Waals surface area contributed by atoms with Gasteiger partial charge in [-0.25, -0.2) is 0 Å². The lowest BCUT2D eigenvalue weighted by molar-refractivity contribution is -0.127. The first kappa shape index (κ1) is 8.09. The van der Waals surface area contributed by atoms with Crippen LogP contribution in [0.25, 0.3) is 0 Å². The third-order valence-electron chi connectivity index (χ3n) is 3.59. The standard InChI is InChI=1S/C10H17NO/c1-10-6-3-2-4-8(10)11-9(12)5-7-10/h8H,2-7H2,1H3,(H,11,12)/t8-,10+/m1/s1. The van der Waals surface area contributed by atoms with Crippen molar-refractivity contribution in [1.29, 1.82) is 0 Å². The first-order valence-electron chi connectivity index (χ1n) is 5.00. The molecule has 1 saturated carbocycles. The van der Waals surface area contributed by atoms with Crippen LogP contribution in [0.1, 0.15) is 45.4 Å². The molecule has 0 aromatic carbocycles. The fourth-order valence-corrected chi connectivity index (χ4v) is 2.61. The Balaban J connectivity index is 2.11. The monoisotopic (exact) mass is 167 g/mol. The van der Waals surface area contributed by atoms with Crippen LogP contribution in [0.2, 0.25) is 0 Å². The minimum atomic E-state index is 0.263. The van der Waals surface area contributed by atoms with Gasteiger partial charge in [-0.15, -0.1) is 0 Å². The second-order valence-electron chi connectivity index (χ2n) is 4.52. The lowest BCUT2D eigenvalue weighted by Crippen LogP contribution is -2.52. The molecule has 12 heavy (non-hydrogen) atoms. The summed E-state index contributed by atoms with van der Waals surface area (Å²) in [6.07, 6.45) is 6.99. The van der Waals surface area contributed by atoms with Crippen LogP contribution in [0.4, 0.5) is 0 Å². The predicted octanol–water partition coefficient (Wildman–Crippen LogP) is 1.85. The molecule has 1 aliphatic heterocycles. The van der Waals surface area contributed by atoms with Crippen LogP contribution >= 0.6 is 0 Å². The zero-order valence-corrected chi connectivity index (χ0v) is 7.73. The Morgan fingerprint density at radius 3 is 3.08 bits per heavy atom. The highest BCUT2D eigenvalue weighted by Gasteiger charge is 2.40. The van der Waals surface area contributed by atoms with E-state index in [4.69, 9.17) is 0 Å². The van der Waals surface area contributed by atoms with Crippen molar-refractivity contribution in [3.8, 4) is 0 Å². The molecule has 2 atom stereocenters. The summed E-state index contributed by atoms with van der Waals surface area (Å²) >= 11 is 0. The van der Waals surface area contributed by atoms with E-state index in [-0.39, 0.29) is 5.91 Å². The van der Waals surface area contributed by atoms with Crippen molar-refractivity contribution in [2.45, 2.75) is 51.5 Å². The number of amides is 1. The first-order chi connectivity index (χ1) is 5.71. The van der Waals surface area contributed by atoms with Gasteiger partial charge in [-0.2, -0.15) is 0 Å². The van der Waals surface area contributed by atoms with Crippen LogP contribution in [-0.2, 0) is 4.79 Å². The lowest BCUT2D eigenvalue weighted by atomic mass is 9.67. The van der Waals surface area contributed by atoms with Gasteiger partial charge in [0.1, 0.15) is 0 Å². The predicted molar refractivity (Wildman–Crippen MR) is 47.7 cm³/mol. The van der Waals surface area contributed by atoms with Gasteiger partial charge in [-0.3, -0.25) is 4.79 Å². The van der Waals surface area contributed by atoms with E-state index in [1.807, 2.05) is 0 Å². The van der Waals surface area contributed by atoms with Crippen molar-refractivity contribution in [3.05, 3.63) is 0 Å². The summed E-state index contributed by atoms with van der Waals surface area (Å²) in [5.74, 6) is 0.263. The Kier molecular flexibility index (Phi) is 1.85. The Morgan fingerprint density at radius 2 is 2.25 bits per heavy atom. The molecule has 0 radical (unpaired) electrons. The van der Waals surface area contributed by atoms with Crippen molar-refractivity contribution in [2.75, 3.05) is 0 Å². The quantitative estimate of drug-likeness (QED) is 0.586. The zero-order valence-electron chi connectivity index (χ0n) is 7.73. The SMILES string of the molecule is C[C@@]12CCCC[C@H]1NC(=O)CC2. The third-order valence-corrected chi connectivity index (χ3v) is 3.59. The van der Waals surface area contributed by atoms with Gasteiger partial charge in [0.2, 0.25) is 5.91 Å². The molecule has 1 N–H and O–H groups in total. The summed E-state index contributed by atoms with van der Waals surface area (Å²) in [4.78, 5) is 11.1. The van der Waals surface area contributed by atoms with E-state index >= 15 is 0 Å². The molecular formula is C10H17NO. The van der Waals surface area contributed by atoms with Crippen molar-refractivity contribution in [1.82, 2.24) is 5.32 Å². The number of piperidine rings is 1. The van der Waals surface area contributed by atoms with Gasteiger partial charge in [0.05, 0.1) is 0 Å². The molecule has 0 spiro atoms. The molecule has 2 nitrogen and oxygen atoms in total. The Labute approximate surface area is 73.7 Å². The van der Waals surface area contributed by atoms with Gasteiger partial charge in [0, 0.05) is 12.5 Å². The van der Waals surface area contributed by atoms with Gasteiger partial charge < -0.3 is 5.32 Å². The summed E-state index contributed by atoms with van der Waals surface area (Å²) < 4.78 is 0. The molecule has 1 aliphatic carbocycles. The first-order valence-corrected chi connectivity index (χ1v) is 5.00. The number of carbonyl (C=O) groups is 1. The smallest absolute Gasteiger partial charge is 0.220 e. The van der Waals surface area contributed by atoms with Crippen LogP contribution in [-0.4, -0.2) is 11.9 Å². The van der Waals surface area contributed by atoms with E-state index in [1.54, 1.807) is 0 Å². The number of hydrogen-bond acceptors (Lipinski definition) is 1. The second-order valence-corrected chi connectivity index (χ2v) is 4.52. The highest BCUT2D eigenvalue weighted by atomic mass is 16.1. The van der Waals surface area contributed by atoms with Crippen molar-refractivity contribution >= 4 is 5.91 Å². The highest BCUT2D eigenvalue weighted by Crippen LogP contribution is 2.41. The fourth-order valence-electron chi connectivity index (χ4n) is 2.61. The average molecular weight is 167 g/mol. The fraction of sp³-hybridized carbons (Fsp3) is 0.900. The van der Waals surface area contributed by atoms with Crippen LogP contribution < -0.4 is 5.32 Å². The minimum Gasteiger partial charge on any atom is -0.353 e. The number of fused-ring (bicyclic) bond motifs is 1. The van der Waals surface area contributed by atoms with Gasteiger partial charge in [0.25, 0.3) is 0 Å². The third kappa shape index (κ3) is 1.23. The lowest BCUT2D eigenvalue weighted by Gasteiger charge is -2.45. The Morgan fingerprint density at radius 1 is 1.42 bits per heavy atom. The molecule has 2 aliphatic rings. The number of carbonyl (C=O) groups excluding carboxylic acids is 1. The topological polar surface area (TPSA) is 29.1 Å². The molecule has 0 bridgehead atoms. The maximum atomic E-state index is 11.1. The van der Waals surface area contributed by atoms with E-state index in [9.17, 15) is 4.79 Å². The van der Waals surface area contributed by atoms with E-state index in [2.05, 4.69) is 12.2 Å². The molecule has 2 fully saturated rings. The van der Waals surface area contributed by atoms with Crippen molar-refractivity contribution in [3.63, 3.8) is 0 Å². The zero-order chi connectivity index (χ0) is 8.60. The molecule has 68 valence electrons. The van der Waals surface area contributed by atoms with Crippen molar-refractivity contribution < 1.29 is 4.79 Å². The molecule has 2 rings (SSSR count). The van der Waals surface area contributed by atoms with Gasteiger partial charge in [-0.05, 0) is 24.7 Å². The summed E-state index contributed by atoms with van der Waals surface area (Å²) in [5, 5.41) is 3.12. The molecular weight excluding hydrogens is 150 g/mol. The summed E-state index contributed by atoms with van der Waals surface area (Å²) in [6, 6.07) is 0.479. The van der Waals surface area contributed by atoms with Gasteiger partial charge in [-0.1, -0.05) is 19.8 Å². The van der Waals surface area contributed by atoms with Crippen molar-refractivity contribution in [2.24, 2.45) is 5.41 Å². The van der Waals surface area contributed by atoms with Crippen LogP contribution in [0.15, 0.2) is 0 Å². The second kappa shape index (κ2) is 2.75. The summed E-state index contributed by atoms with van der Waals surface area (Å²) in [6.45, 7) is 2.33. The molecule has 0 aromatic heterocycles. The van der Waals surface area contributed by atoms with Crippen LogP contribution in [0, 0.1) is 5.41 Å². The molecule has 1 amide bonds. The largest absolute Gasteiger partial charge is 0.353 e. The van der Waals surface area contributed by atoms with Gasteiger partial charge in [0.15, 0.2) is 0 Å². The maximum absolute atomic E-state index is 11.1. The Bertz CT molecular complexity index is 202. The number of nitrogens with one attached hydrogen (secondary N) is 1.